The first-order chi connectivity index (χ1) is 6.06. The normalized spacial score (nSPS) is 10.2. The Labute approximate surface area is 80.8 Å². The number of hydrogen-bond acceptors (Lipinski definition) is 3. The van der Waals surface area contributed by atoms with E-state index in [1.165, 1.54) is 24.9 Å². The van der Waals surface area contributed by atoms with Crippen LogP contribution in [0, 0.1) is 0 Å². The van der Waals surface area contributed by atoms with Crippen molar-refractivity contribution in [2.75, 3.05) is 14.2 Å². The van der Waals surface area contributed by atoms with Crippen LogP contribution in [-0.4, -0.2) is 34.9 Å². The lowest BCUT2D eigenvalue weighted by Crippen LogP contribution is -2.25. The van der Waals surface area contributed by atoms with Gasteiger partial charge in [-0.25, -0.2) is 5.06 Å². The van der Waals surface area contributed by atoms with Gasteiger partial charge in [-0.3, -0.25) is 14.3 Å². The van der Waals surface area contributed by atoms with Crippen LogP contribution in [0.2, 0.25) is 5.15 Å². The molecule has 0 unspecified atom stereocenters. The number of carbonyl (C=O) groups is 1. The van der Waals surface area contributed by atoms with Gasteiger partial charge in [0.05, 0.1) is 7.11 Å². The molecule has 13 heavy (non-hydrogen) atoms. The summed E-state index contributed by atoms with van der Waals surface area (Å²) in [4.78, 5) is 16.1. The topological polar surface area (TPSA) is 47.4 Å². The fourth-order valence-electron chi connectivity index (χ4n) is 0.793. The average Bonchev–Trinajstić information content (AvgIpc) is 2.44. The standard InChI is InChI=1S/C7H10ClN3O2/c1-10-6(8)4-5(9-10)7(12)11(2)13-3/h4H,1-3H3. The SMILES string of the molecule is CON(C)C(=O)c1cc(Cl)n(C)n1. The zero-order valence-corrected chi connectivity index (χ0v) is 8.37. The molecule has 1 aromatic rings. The lowest BCUT2D eigenvalue weighted by Gasteiger charge is -2.10. The Kier molecular flexibility index (Phi) is 2.90. The van der Waals surface area contributed by atoms with Crippen LogP contribution in [0.5, 0.6) is 0 Å². The van der Waals surface area contributed by atoms with E-state index in [1.807, 2.05) is 0 Å². The fourth-order valence-corrected chi connectivity index (χ4v) is 0.934. The predicted octanol–water partition coefficient (Wildman–Crippen LogP) is 0.707. The summed E-state index contributed by atoms with van der Waals surface area (Å²) in [7, 11) is 4.57. The summed E-state index contributed by atoms with van der Waals surface area (Å²) >= 11 is 5.71. The molecule has 0 bridgehead atoms. The molecule has 0 aliphatic carbocycles. The van der Waals surface area contributed by atoms with Crippen LogP contribution in [-0.2, 0) is 11.9 Å². The van der Waals surface area contributed by atoms with Gasteiger partial charge in [-0.05, 0) is 0 Å². The van der Waals surface area contributed by atoms with E-state index in [2.05, 4.69) is 5.10 Å². The fraction of sp³-hybridized carbons (Fsp3) is 0.429. The summed E-state index contributed by atoms with van der Waals surface area (Å²) in [6.45, 7) is 0. The van der Waals surface area contributed by atoms with Gasteiger partial charge in [0.25, 0.3) is 5.91 Å². The molecule has 0 spiro atoms. The van der Waals surface area contributed by atoms with E-state index in [-0.39, 0.29) is 11.6 Å². The molecular formula is C7H10ClN3O2. The number of hydroxylamine groups is 2. The van der Waals surface area contributed by atoms with Gasteiger partial charge in [0.1, 0.15) is 5.15 Å². The van der Waals surface area contributed by atoms with E-state index >= 15 is 0 Å². The summed E-state index contributed by atoms with van der Waals surface area (Å²) in [6, 6.07) is 1.49. The first-order valence-corrected chi connectivity index (χ1v) is 3.95. The van der Waals surface area contributed by atoms with E-state index in [4.69, 9.17) is 16.4 Å². The molecular weight excluding hydrogens is 194 g/mol. The van der Waals surface area contributed by atoms with Gasteiger partial charge in [-0.15, -0.1) is 0 Å². The van der Waals surface area contributed by atoms with Crippen LogP contribution in [0.3, 0.4) is 0 Å². The second kappa shape index (κ2) is 3.76. The van der Waals surface area contributed by atoms with E-state index in [0.29, 0.717) is 5.15 Å². The van der Waals surface area contributed by atoms with Crippen molar-refractivity contribution in [2.24, 2.45) is 7.05 Å². The van der Waals surface area contributed by atoms with Crippen molar-refractivity contribution in [3.8, 4) is 0 Å². The molecule has 6 heteroatoms. The smallest absolute Gasteiger partial charge is 0.274 e. The monoisotopic (exact) mass is 203 g/mol. The Morgan fingerprint density at radius 3 is 2.77 bits per heavy atom. The van der Waals surface area contributed by atoms with Crippen LogP contribution in [0.15, 0.2) is 6.07 Å². The number of carbonyl (C=O) groups excluding carboxylic acids is 1. The molecule has 1 aromatic heterocycles. The van der Waals surface area contributed by atoms with Crippen LogP contribution < -0.4 is 0 Å². The number of nitrogens with zero attached hydrogens (tertiary/aromatic N) is 3. The zero-order chi connectivity index (χ0) is 10.0. The van der Waals surface area contributed by atoms with E-state index in [9.17, 15) is 4.79 Å². The Morgan fingerprint density at radius 2 is 2.38 bits per heavy atom. The third-order valence-electron chi connectivity index (χ3n) is 1.60. The third-order valence-corrected chi connectivity index (χ3v) is 1.96. The summed E-state index contributed by atoms with van der Waals surface area (Å²) in [5, 5.41) is 5.38. The second-order valence-electron chi connectivity index (χ2n) is 2.46. The van der Waals surface area contributed by atoms with Crippen molar-refractivity contribution in [3.63, 3.8) is 0 Å². The maximum Gasteiger partial charge on any atom is 0.297 e. The second-order valence-corrected chi connectivity index (χ2v) is 2.85. The highest BCUT2D eigenvalue weighted by molar-refractivity contribution is 6.29. The van der Waals surface area contributed by atoms with Gasteiger partial charge in [-0.2, -0.15) is 5.10 Å². The lowest BCUT2D eigenvalue weighted by molar-refractivity contribution is -0.0760. The van der Waals surface area contributed by atoms with Gasteiger partial charge in [-0.1, -0.05) is 11.6 Å². The molecule has 0 aliphatic rings. The van der Waals surface area contributed by atoms with Crippen molar-refractivity contribution in [1.82, 2.24) is 14.8 Å². The minimum absolute atomic E-state index is 0.261. The maximum atomic E-state index is 11.4. The van der Waals surface area contributed by atoms with Gasteiger partial charge in [0.2, 0.25) is 0 Å². The Bertz CT molecular complexity index is 304. The summed E-state index contributed by atoms with van der Waals surface area (Å²) in [5.41, 5.74) is 0.261. The highest BCUT2D eigenvalue weighted by Gasteiger charge is 2.15. The third kappa shape index (κ3) is 1.99. The first kappa shape index (κ1) is 10.0. The predicted molar refractivity (Wildman–Crippen MR) is 47.3 cm³/mol. The highest BCUT2D eigenvalue weighted by Crippen LogP contribution is 2.10. The van der Waals surface area contributed by atoms with Crippen molar-refractivity contribution in [3.05, 3.63) is 16.9 Å². The summed E-state index contributed by atoms with van der Waals surface area (Å²) in [6.07, 6.45) is 0. The molecule has 0 aliphatic heterocycles. The summed E-state index contributed by atoms with van der Waals surface area (Å²) < 4.78 is 1.41. The van der Waals surface area contributed by atoms with Gasteiger partial charge >= 0.3 is 0 Å². The molecule has 0 saturated carbocycles. The molecule has 5 nitrogen and oxygen atoms in total. The van der Waals surface area contributed by atoms with Crippen LogP contribution in [0.1, 0.15) is 10.5 Å². The molecule has 0 atom stereocenters. The van der Waals surface area contributed by atoms with Crippen molar-refractivity contribution in [1.29, 1.82) is 0 Å². The lowest BCUT2D eigenvalue weighted by atomic mass is 10.4. The molecule has 0 fully saturated rings. The van der Waals surface area contributed by atoms with Gasteiger partial charge in [0, 0.05) is 20.2 Å². The van der Waals surface area contributed by atoms with Crippen LogP contribution in [0.4, 0.5) is 0 Å². The molecule has 0 radical (unpaired) electrons. The van der Waals surface area contributed by atoms with E-state index < -0.39 is 0 Å². The minimum Gasteiger partial charge on any atom is -0.274 e. The van der Waals surface area contributed by atoms with Crippen LogP contribution >= 0.6 is 11.6 Å². The Morgan fingerprint density at radius 1 is 1.77 bits per heavy atom. The number of halogens is 1. The number of hydrogen-bond donors (Lipinski definition) is 0. The maximum absolute atomic E-state index is 11.4. The molecule has 0 aromatic carbocycles. The Balaban J connectivity index is 2.89. The largest absolute Gasteiger partial charge is 0.297 e. The Hall–Kier alpha value is -1.07. The molecule has 0 N–H and O–H groups in total. The quantitative estimate of drug-likeness (QED) is 0.665. The van der Waals surface area contributed by atoms with Crippen molar-refractivity contribution in [2.45, 2.75) is 0 Å². The molecule has 1 amide bonds. The van der Waals surface area contributed by atoms with Gasteiger partial charge < -0.3 is 0 Å². The van der Waals surface area contributed by atoms with Crippen LogP contribution in [0.25, 0.3) is 0 Å². The summed E-state index contributed by atoms with van der Waals surface area (Å²) in [5.74, 6) is -0.329. The number of aryl methyl sites for hydroxylation is 1. The molecule has 0 saturated heterocycles. The molecule has 1 rings (SSSR count). The van der Waals surface area contributed by atoms with Crippen molar-refractivity contribution < 1.29 is 9.63 Å². The molecule has 1 heterocycles. The molecule has 72 valence electrons. The highest BCUT2D eigenvalue weighted by atomic mass is 35.5. The van der Waals surface area contributed by atoms with Crippen molar-refractivity contribution >= 4 is 17.5 Å². The number of aromatic nitrogens is 2. The number of rotatable bonds is 2. The minimum atomic E-state index is -0.329. The average molecular weight is 204 g/mol. The number of amides is 1. The van der Waals surface area contributed by atoms with E-state index in [1.54, 1.807) is 7.05 Å². The first-order valence-electron chi connectivity index (χ1n) is 3.58. The zero-order valence-electron chi connectivity index (χ0n) is 7.61. The van der Waals surface area contributed by atoms with E-state index in [0.717, 1.165) is 5.06 Å². The van der Waals surface area contributed by atoms with Gasteiger partial charge in [0.15, 0.2) is 5.69 Å².